The molecule has 1 N–H and O–H groups in total. The molecule has 0 spiro atoms. The van der Waals surface area contributed by atoms with Crippen LogP contribution in [-0.4, -0.2) is 35.4 Å². The van der Waals surface area contributed by atoms with Gasteiger partial charge in [0.15, 0.2) is 6.61 Å². The summed E-state index contributed by atoms with van der Waals surface area (Å²) in [7, 11) is 0. The average Bonchev–Trinajstić information content (AvgIpc) is 2.73. The summed E-state index contributed by atoms with van der Waals surface area (Å²) in [4.78, 5) is 27.7. The first-order valence-corrected chi connectivity index (χ1v) is 11.1. The molecule has 0 heterocycles. The van der Waals surface area contributed by atoms with Crippen LogP contribution in [0.3, 0.4) is 0 Å². The van der Waals surface area contributed by atoms with E-state index in [1.807, 2.05) is 76.2 Å². The Kier molecular flexibility index (Phi) is 9.10. The second-order valence-electron chi connectivity index (χ2n) is 8.55. The molecule has 1 atom stereocenters. The Bertz CT molecular complexity index is 859. The molecule has 31 heavy (non-hydrogen) atoms. The van der Waals surface area contributed by atoms with Crippen LogP contribution in [0.4, 0.5) is 0 Å². The van der Waals surface area contributed by atoms with E-state index in [4.69, 9.17) is 4.74 Å². The van der Waals surface area contributed by atoms with Crippen LogP contribution in [0.5, 0.6) is 5.75 Å². The third kappa shape index (κ3) is 7.12. The molecule has 0 saturated carbocycles. The van der Waals surface area contributed by atoms with Gasteiger partial charge in [0.05, 0.1) is 0 Å². The number of nitrogens with zero attached hydrogens (tertiary/aromatic N) is 1. The molecule has 0 aromatic heterocycles. The lowest BCUT2D eigenvalue weighted by Gasteiger charge is -2.31. The van der Waals surface area contributed by atoms with E-state index in [0.29, 0.717) is 24.6 Å². The normalized spacial score (nSPS) is 12.0. The van der Waals surface area contributed by atoms with E-state index < -0.39 is 6.04 Å². The maximum absolute atomic E-state index is 13.2. The van der Waals surface area contributed by atoms with E-state index in [2.05, 4.69) is 19.2 Å². The van der Waals surface area contributed by atoms with Crippen LogP contribution in [0.25, 0.3) is 0 Å². The number of benzene rings is 2. The maximum Gasteiger partial charge on any atom is 0.261 e. The van der Waals surface area contributed by atoms with Crippen molar-refractivity contribution in [3.8, 4) is 5.75 Å². The highest BCUT2D eigenvalue weighted by molar-refractivity contribution is 5.88. The monoisotopic (exact) mass is 424 g/mol. The van der Waals surface area contributed by atoms with Crippen molar-refractivity contribution in [2.24, 2.45) is 0 Å². The van der Waals surface area contributed by atoms with Crippen LogP contribution in [0.2, 0.25) is 0 Å². The second kappa shape index (κ2) is 11.5. The largest absolute Gasteiger partial charge is 0.484 e. The van der Waals surface area contributed by atoms with Gasteiger partial charge in [-0.3, -0.25) is 9.59 Å². The number of hydrogen-bond donors (Lipinski definition) is 1. The van der Waals surface area contributed by atoms with Crippen molar-refractivity contribution in [3.05, 3.63) is 65.2 Å². The zero-order chi connectivity index (χ0) is 23.0. The summed E-state index contributed by atoms with van der Waals surface area (Å²) in [6.07, 6.45) is 0.527. The number of hydrogen-bond acceptors (Lipinski definition) is 3. The van der Waals surface area contributed by atoms with E-state index in [-0.39, 0.29) is 24.5 Å². The number of rotatable bonds is 10. The maximum atomic E-state index is 13.2. The first kappa shape index (κ1) is 24.4. The molecule has 0 radical (unpaired) electrons. The Labute approximate surface area is 186 Å². The van der Waals surface area contributed by atoms with Gasteiger partial charge in [0.2, 0.25) is 5.91 Å². The quantitative estimate of drug-likeness (QED) is 0.594. The highest BCUT2D eigenvalue weighted by atomic mass is 16.5. The van der Waals surface area contributed by atoms with E-state index in [0.717, 1.165) is 11.1 Å². The van der Waals surface area contributed by atoms with Crippen molar-refractivity contribution < 1.29 is 14.3 Å². The summed E-state index contributed by atoms with van der Waals surface area (Å²) in [6, 6.07) is 15.2. The summed E-state index contributed by atoms with van der Waals surface area (Å²) in [5, 5.41) is 2.95. The molecule has 0 fully saturated rings. The van der Waals surface area contributed by atoms with E-state index in [9.17, 15) is 9.59 Å². The highest BCUT2D eigenvalue weighted by Crippen LogP contribution is 2.20. The smallest absolute Gasteiger partial charge is 0.261 e. The van der Waals surface area contributed by atoms with Gasteiger partial charge < -0.3 is 15.0 Å². The van der Waals surface area contributed by atoms with Crippen molar-refractivity contribution in [1.29, 1.82) is 0 Å². The predicted molar refractivity (Wildman–Crippen MR) is 125 cm³/mol. The zero-order valence-corrected chi connectivity index (χ0v) is 19.6. The topological polar surface area (TPSA) is 58.6 Å². The van der Waals surface area contributed by atoms with Crippen molar-refractivity contribution in [2.75, 3.05) is 6.61 Å². The molecule has 2 rings (SSSR count). The van der Waals surface area contributed by atoms with Crippen LogP contribution >= 0.6 is 0 Å². The van der Waals surface area contributed by atoms with Gasteiger partial charge in [-0.1, -0.05) is 57.2 Å². The van der Waals surface area contributed by atoms with Gasteiger partial charge in [-0.15, -0.1) is 0 Å². The molecular formula is C26H36N2O3. The van der Waals surface area contributed by atoms with Crippen LogP contribution < -0.4 is 10.1 Å². The zero-order valence-electron chi connectivity index (χ0n) is 19.6. The first-order valence-electron chi connectivity index (χ1n) is 11.1. The molecule has 168 valence electrons. The molecule has 0 unspecified atom stereocenters. The number of carbonyl (C=O) groups excluding carboxylic acids is 2. The van der Waals surface area contributed by atoms with E-state index in [1.54, 1.807) is 4.90 Å². The Morgan fingerprint density at radius 1 is 1.00 bits per heavy atom. The molecule has 5 heteroatoms. The number of aryl methyl sites for hydroxylation is 1. The molecule has 0 saturated heterocycles. The van der Waals surface area contributed by atoms with Gasteiger partial charge in [0, 0.05) is 12.6 Å². The molecule has 5 nitrogen and oxygen atoms in total. The fourth-order valence-electron chi connectivity index (χ4n) is 3.45. The van der Waals surface area contributed by atoms with Gasteiger partial charge in [0.1, 0.15) is 11.8 Å². The lowest BCUT2D eigenvalue weighted by molar-refractivity contribution is -0.143. The van der Waals surface area contributed by atoms with Crippen molar-refractivity contribution in [2.45, 2.75) is 72.5 Å². The van der Waals surface area contributed by atoms with Crippen molar-refractivity contribution in [3.63, 3.8) is 0 Å². The molecule has 0 aliphatic rings. The molecule has 0 aliphatic heterocycles. The van der Waals surface area contributed by atoms with Gasteiger partial charge in [-0.05, 0) is 61.9 Å². The van der Waals surface area contributed by atoms with Crippen molar-refractivity contribution >= 4 is 11.8 Å². The highest BCUT2D eigenvalue weighted by Gasteiger charge is 2.29. The summed E-state index contributed by atoms with van der Waals surface area (Å²) >= 11 is 0. The lowest BCUT2D eigenvalue weighted by atomic mass is 10.0. The Morgan fingerprint density at radius 3 is 2.19 bits per heavy atom. The van der Waals surface area contributed by atoms with Crippen LogP contribution in [0.1, 0.15) is 63.6 Å². The standard InChI is InChI=1S/C26H36N2O3/c1-7-24(26(30)27-19(4)5)28(16-22-11-9-8-10-20(22)6)25(29)17-31-23-14-12-21(13-15-23)18(2)3/h8-15,18-19,24H,7,16-17H2,1-6H3,(H,27,30)/t24-/m1/s1. The Balaban J connectivity index is 2.20. The van der Waals surface area contributed by atoms with E-state index in [1.165, 1.54) is 5.56 Å². The lowest BCUT2D eigenvalue weighted by Crippen LogP contribution is -2.51. The minimum absolute atomic E-state index is 0.00712. The van der Waals surface area contributed by atoms with Gasteiger partial charge in [0.25, 0.3) is 5.91 Å². The SMILES string of the molecule is CC[C@H](C(=O)NC(C)C)N(Cc1ccccc1C)C(=O)COc1ccc(C(C)C)cc1. The summed E-state index contributed by atoms with van der Waals surface area (Å²) in [5.41, 5.74) is 3.33. The van der Waals surface area contributed by atoms with Crippen LogP contribution in [0, 0.1) is 6.92 Å². The Hall–Kier alpha value is -2.82. The fourth-order valence-corrected chi connectivity index (χ4v) is 3.45. The fraction of sp³-hybridized carbons (Fsp3) is 0.462. The van der Waals surface area contributed by atoms with Crippen LogP contribution in [-0.2, 0) is 16.1 Å². The van der Waals surface area contributed by atoms with Gasteiger partial charge in [-0.25, -0.2) is 0 Å². The summed E-state index contributed by atoms with van der Waals surface area (Å²) in [6.45, 7) is 12.3. The van der Waals surface area contributed by atoms with Crippen molar-refractivity contribution in [1.82, 2.24) is 10.2 Å². The first-order chi connectivity index (χ1) is 14.7. The Morgan fingerprint density at radius 2 is 1.65 bits per heavy atom. The summed E-state index contributed by atoms with van der Waals surface area (Å²) < 4.78 is 5.78. The van der Waals surface area contributed by atoms with Gasteiger partial charge in [-0.2, -0.15) is 0 Å². The second-order valence-corrected chi connectivity index (χ2v) is 8.55. The minimum Gasteiger partial charge on any atom is -0.484 e. The molecule has 2 amide bonds. The molecule has 2 aromatic rings. The predicted octanol–water partition coefficient (Wildman–Crippen LogP) is 4.83. The number of carbonyl (C=O) groups is 2. The number of ether oxygens (including phenoxy) is 1. The molecule has 0 bridgehead atoms. The third-order valence-electron chi connectivity index (χ3n) is 5.33. The molecule has 2 aromatic carbocycles. The van der Waals surface area contributed by atoms with Gasteiger partial charge >= 0.3 is 0 Å². The summed E-state index contributed by atoms with van der Waals surface area (Å²) in [5.74, 6) is 0.737. The minimum atomic E-state index is -0.554. The number of nitrogens with one attached hydrogen (secondary N) is 1. The molecule has 0 aliphatic carbocycles. The average molecular weight is 425 g/mol. The van der Waals surface area contributed by atoms with E-state index >= 15 is 0 Å². The molecular weight excluding hydrogens is 388 g/mol. The van der Waals surface area contributed by atoms with Crippen LogP contribution in [0.15, 0.2) is 48.5 Å². The number of amides is 2. The third-order valence-corrected chi connectivity index (χ3v) is 5.33.